The molecule has 0 radical (unpaired) electrons. The number of rotatable bonds is 5. The van der Waals surface area contributed by atoms with Gasteiger partial charge in [0.1, 0.15) is 17.9 Å². The Morgan fingerprint density at radius 2 is 2.00 bits per heavy atom. The maximum Gasteiger partial charge on any atom is 0.284 e. The van der Waals surface area contributed by atoms with Crippen LogP contribution < -0.4 is 9.64 Å². The molecule has 4 heterocycles. The van der Waals surface area contributed by atoms with E-state index in [2.05, 4.69) is 25.1 Å². The molecule has 3 aromatic heterocycles. The van der Waals surface area contributed by atoms with Crippen molar-refractivity contribution in [3.05, 3.63) is 36.4 Å². The maximum absolute atomic E-state index is 5.67. The summed E-state index contributed by atoms with van der Waals surface area (Å²) in [6.07, 6.45) is 1.63. The van der Waals surface area contributed by atoms with Crippen LogP contribution >= 0.6 is 0 Å². The van der Waals surface area contributed by atoms with Crippen LogP contribution in [0.25, 0.3) is 5.65 Å². The molecule has 0 atom stereocenters. The highest BCUT2D eigenvalue weighted by molar-refractivity contribution is 5.45. The molecule has 8 nitrogen and oxygen atoms in total. The zero-order chi connectivity index (χ0) is 16.4. The largest absolute Gasteiger partial charge is 0.465 e. The van der Waals surface area contributed by atoms with E-state index in [4.69, 9.17) is 9.15 Å². The minimum Gasteiger partial charge on any atom is -0.465 e. The van der Waals surface area contributed by atoms with Crippen LogP contribution in [0.4, 0.5) is 5.82 Å². The number of hydrogen-bond donors (Lipinski definition) is 0. The van der Waals surface area contributed by atoms with E-state index < -0.39 is 0 Å². The highest BCUT2D eigenvalue weighted by Gasteiger charge is 2.19. The number of fused-ring (bicyclic) bond motifs is 1. The molecule has 0 spiro atoms. The highest BCUT2D eigenvalue weighted by atomic mass is 16.6. The lowest BCUT2D eigenvalue weighted by molar-refractivity contribution is 0.207. The third kappa shape index (κ3) is 3.05. The van der Waals surface area contributed by atoms with Crippen molar-refractivity contribution in [2.24, 2.45) is 0 Å². The zero-order valence-electron chi connectivity index (χ0n) is 13.6. The first kappa shape index (κ1) is 14.9. The molecule has 1 saturated heterocycles. The van der Waals surface area contributed by atoms with Gasteiger partial charge in [-0.3, -0.25) is 4.90 Å². The number of hydrogen-bond acceptors (Lipinski definition) is 7. The second-order valence-corrected chi connectivity index (χ2v) is 5.74. The van der Waals surface area contributed by atoms with Gasteiger partial charge in [0.15, 0.2) is 5.65 Å². The van der Waals surface area contributed by atoms with Gasteiger partial charge in [-0.2, -0.15) is 4.52 Å². The van der Waals surface area contributed by atoms with Crippen LogP contribution in [-0.4, -0.2) is 57.5 Å². The van der Waals surface area contributed by atoms with E-state index >= 15 is 0 Å². The standard InChI is InChI=1S/C16H20N6O2/c1-2-23-16-6-3-13(24-16)11-20-7-9-21(10-8-20)15-5-4-14-18-17-12-22(14)19-15/h3-6,12H,2,7-11H2,1H3. The number of ether oxygens (including phenoxy) is 1. The topological polar surface area (TPSA) is 71.9 Å². The molecular weight excluding hydrogens is 308 g/mol. The summed E-state index contributed by atoms with van der Waals surface area (Å²) in [7, 11) is 0. The lowest BCUT2D eigenvalue weighted by Gasteiger charge is -2.34. The van der Waals surface area contributed by atoms with E-state index in [0.29, 0.717) is 12.6 Å². The Bertz CT molecular complexity index is 806. The quantitative estimate of drug-likeness (QED) is 0.701. The SMILES string of the molecule is CCOc1ccc(CN2CCN(c3ccc4nncn4n3)CC2)o1. The second-order valence-electron chi connectivity index (χ2n) is 5.74. The molecule has 1 aliphatic heterocycles. The molecule has 24 heavy (non-hydrogen) atoms. The predicted octanol–water partition coefficient (Wildman–Crippen LogP) is 1.44. The van der Waals surface area contributed by atoms with Gasteiger partial charge < -0.3 is 14.1 Å². The van der Waals surface area contributed by atoms with Gasteiger partial charge in [0.25, 0.3) is 5.95 Å². The van der Waals surface area contributed by atoms with Crippen LogP contribution in [-0.2, 0) is 6.54 Å². The lowest BCUT2D eigenvalue weighted by atomic mass is 10.3. The van der Waals surface area contributed by atoms with Gasteiger partial charge in [-0.15, -0.1) is 15.3 Å². The van der Waals surface area contributed by atoms with Crippen molar-refractivity contribution in [1.82, 2.24) is 24.7 Å². The fourth-order valence-electron chi connectivity index (χ4n) is 2.91. The molecule has 0 N–H and O–H groups in total. The van der Waals surface area contributed by atoms with E-state index in [9.17, 15) is 0 Å². The van der Waals surface area contributed by atoms with E-state index in [1.165, 1.54) is 0 Å². The average Bonchev–Trinajstić information content (AvgIpc) is 3.24. The fraction of sp³-hybridized carbons (Fsp3) is 0.438. The van der Waals surface area contributed by atoms with Crippen LogP contribution in [0.5, 0.6) is 5.95 Å². The summed E-state index contributed by atoms with van der Waals surface area (Å²) in [5.74, 6) is 2.49. The molecule has 0 aliphatic carbocycles. The first-order valence-electron chi connectivity index (χ1n) is 8.18. The fourth-order valence-corrected chi connectivity index (χ4v) is 2.91. The van der Waals surface area contributed by atoms with E-state index in [1.807, 2.05) is 31.2 Å². The third-order valence-electron chi connectivity index (χ3n) is 4.15. The Morgan fingerprint density at radius 1 is 1.12 bits per heavy atom. The van der Waals surface area contributed by atoms with E-state index in [0.717, 1.165) is 49.9 Å². The van der Waals surface area contributed by atoms with Crippen molar-refractivity contribution in [2.45, 2.75) is 13.5 Å². The maximum atomic E-state index is 5.67. The van der Waals surface area contributed by atoms with Crippen molar-refractivity contribution >= 4 is 11.5 Å². The lowest BCUT2D eigenvalue weighted by Crippen LogP contribution is -2.46. The van der Waals surface area contributed by atoms with Crippen LogP contribution in [0.1, 0.15) is 12.7 Å². The van der Waals surface area contributed by atoms with Gasteiger partial charge >= 0.3 is 0 Å². The number of nitrogens with zero attached hydrogens (tertiary/aromatic N) is 6. The minimum absolute atomic E-state index is 0.595. The molecule has 1 fully saturated rings. The van der Waals surface area contributed by atoms with Gasteiger partial charge in [0.05, 0.1) is 13.2 Å². The van der Waals surface area contributed by atoms with E-state index in [-0.39, 0.29) is 0 Å². The Morgan fingerprint density at radius 3 is 2.83 bits per heavy atom. The first-order valence-corrected chi connectivity index (χ1v) is 8.18. The summed E-state index contributed by atoms with van der Waals surface area (Å²) in [5.41, 5.74) is 0.764. The molecule has 0 unspecified atom stereocenters. The third-order valence-corrected chi connectivity index (χ3v) is 4.15. The van der Waals surface area contributed by atoms with Gasteiger partial charge in [-0.25, -0.2) is 0 Å². The van der Waals surface area contributed by atoms with Crippen molar-refractivity contribution in [3.63, 3.8) is 0 Å². The summed E-state index contributed by atoms with van der Waals surface area (Å²) < 4.78 is 12.7. The number of furan rings is 1. The molecule has 4 rings (SSSR count). The number of piperazine rings is 1. The van der Waals surface area contributed by atoms with Crippen molar-refractivity contribution in [3.8, 4) is 5.95 Å². The Kier molecular flexibility index (Phi) is 4.04. The Labute approximate surface area is 139 Å². The minimum atomic E-state index is 0.595. The number of aromatic nitrogens is 4. The summed E-state index contributed by atoms with van der Waals surface area (Å²) in [4.78, 5) is 4.66. The van der Waals surface area contributed by atoms with Gasteiger partial charge in [-0.1, -0.05) is 0 Å². The molecule has 0 bridgehead atoms. The van der Waals surface area contributed by atoms with Gasteiger partial charge in [0, 0.05) is 32.2 Å². The van der Waals surface area contributed by atoms with Crippen LogP contribution in [0, 0.1) is 0 Å². The van der Waals surface area contributed by atoms with Crippen LogP contribution in [0.3, 0.4) is 0 Å². The number of anilines is 1. The molecular formula is C16H20N6O2. The Balaban J connectivity index is 1.35. The Hall–Kier alpha value is -2.61. The molecule has 8 heteroatoms. The summed E-state index contributed by atoms with van der Waals surface area (Å²) >= 11 is 0. The second kappa shape index (κ2) is 6.48. The summed E-state index contributed by atoms with van der Waals surface area (Å²) in [6, 6.07) is 7.81. The average molecular weight is 328 g/mol. The monoisotopic (exact) mass is 328 g/mol. The molecule has 0 aromatic carbocycles. The van der Waals surface area contributed by atoms with Crippen LogP contribution in [0.15, 0.2) is 35.0 Å². The van der Waals surface area contributed by atoms with Crippen molar-refractivity contribution in [1.29, 1.82) is 0 Å². The van der Waals surface area contributed by atoms with Gasteiger partial charge in [-0.05, 0) is 25.1 Å². The predicted molar refractivity (Wildman–Crippen MR) is 88.1 cm³/mol. The van der Waals surface area contributed by atoms with E-state index in [1.54, 1.807) is 10.8 Å². The molecule has 1 aliphatic rings. The zero-order valence-corrected chi connectivity index (χ0v) is 13.6. The van der Waals surface area contributed by atoms with Gasteiger partial charge in [0.2, 0.25) is 0 Å². The highest BCUT2D eigenvalue weighted by Crippen LogP contribution is 2.19. The molecule has 0 saturated carbocycles. The van der Waals surface area contributed by atoms with Crippen molar-refractivity contribution in [2.75, 3.05) is 37.7 Å². The summed E-state index contributed by atoms with van der Waals surface area (Å²) in [5, 5.41) is 12.4. The normalized spacial score (nSPS) is 16.0. The molecule has 3 aromatic rings. The first-order chi connectivity index (χ1) is 11.8. The summed E-state index contributed by atoms with van der Waals surface area (Å²) in [6.45, 7) is 7.17. The smallest absolute Gasteiger partial charge is 0.284 e. The molecule has 126 valence electrons. The molecule has 0 amide bonds. The van der Waals surface area contributed by atoms with Crippen molar-refractivity contribution < 1.29 is 9.15 Å². The van der Waals surface area contributed by atoms with Crippen LogP contribution in [0.2, 0.25) is 0 Å².